The SMILES string of the molecule is CN(C)Cc1ccn2c(-c3ccnc(N4CCOCC4)n3)c(-c3ccc(F)cc3)nc2c1. The van der Waals surface area contributed by atoms with E-state index in [1.807, 2.05) is 30.8 Å². The Balaban J connectivity index is 1.66. The van der Waals surface area contributed by atoms with Crippen LogP contribution in [0.4, 0.5) is 10.3 Å². The van der Waals surface area contributed by atoms with Gasteiger partial charge in [-0.15, -0.1) is 0 Å². The van der Waals surface area contributed by atoms with Crippen molar-refractivity contribution in [3.8, 4) is 22.6 Å². The smallest absolute Gasteiger partial charge is 0.226 e. The van der Waals surface area contributed by atoms with Gasteiger partial charge in [-0.3, -0.25) is 4.40 Å². The molecule has 32 heavy (non-hydrogen) atoms. The van der Waals surface area contributed by atoms with Crippen LogP contribution in [0.3, 0.4) is 0 Å². The summed E-state index contributed by atoms with van der Waals surface area (Å²) in [6.07, 6.45) is 3.81. The second kappa shape index (κ2) is 8.64. The normalized spacial score (nSPS) is 14.4. The van der Waals surface area contributed by atoms with Crippen molar-refractivity contribution < 1.29 is 9.13 Å². The van der Waals surface area contributed by atoms with Crippen LogP contribution in [0.15, 0.2) is 54.9 Å². The van der Waals surface area contributed by atoms with E-state index in [4.69, 9.17) is 14.7 Å². The summed E-state index contributed by atoms with van der Waals surface area (Å²) in [7, 11) is 4.08. The molecular weight excluding hydrogens is 407 g/mol. The molecule has 3 aromatic heterocycles. The van der Waals surface area contributed by atoms with Crippen LogP contribution >= 0.6 is 0 Å². The summed E-state index contributed by atoms with van der Waals surface area (Å²) in [6.45, 7) is 3.67. The van der Waals surface area contributed by atoms with Crippen molar-refractivity contribution in [2.45, 2.75) is 6.54 Å². The highest BCUT2D eigenvalue weighted by molar-refractivity contribution is 5.80. The van der Waals surface area contributed by atoms with Gasteiger partial charge in [0.2, 0.25) is 5.95 Å². The average Bonchev–Trinajstić information content (AvgIpc) is 3.18. The lowest BCUT2D eigenvalue weighted by Crippen LogP contribution is -2.37. The number of imidazole rings is 1. The highest BCUT2D eigenvalue weighted by Gasteiger charge is 2.20. The number of hydrogen-bond donors (Lipinski definition) is 0. The molecule has 0 bridgehead atoms. The third kappa shape index (κ3) is 4.06. The number of halogens is 1. The summed E-state index contributed by atoms with van der Waals surface area (Å²) in [5, 5.41) is 0. The monoisotopic (exact) mass is 432 g/mol. The van der Waals surface area contributed by atoms with Crippen molar-refractivity contribution in [2.24, 2.45) is 0 Å². The number of morpholine rings is 1. The minimum absolute atomic E-state index is 0.274. The number of benzene rings is 1. The van der Waals surface area contributed by atoms with Gasteiger partial charge in [0.25, 0.3) is 0 Å². The first-order valence-electron chi connectivity index (χ1n) is 10.7. The lowest BCUT2D eigenvalue weighted by molar-refractivity contribution is 0.122. The van der Waals surface area contributed by atoms with E-state index in [9.17, 15) is 4.39 Å². The van der Waals surface area contributed by atoms with E-state index in [1.165, 1.54) is 17.7 Å². The van der Waals surface area contributed by atoms with Gasteiger partial charge in [-0.2, -0.15) is 0 Å². The Morgan fingerprint density at radius 1 is 1.03 bits per heavy atom. The highest BCUT2D eigenvalue weighted by atomic mass is 19.1. The summed E-state index contributed by atoms with van der Waals surface area (Å²) >= 11 is 0. The van der Waals surface area contributed by atoms with Crippen molar-refractivity contribution in [3.63, 3.8) is 0 Å². The molecule has 8 heteroatoms. The van der Waals surface area contributed by atoms with Gasteiger partial charge in [0.05, 0.1) is 30.3 Å². The summed E-state index contributed by atoms with van der Waals surface area (Å²) in [5.74, 6) is 0.402. The number of fused-ring (bicyclic) bond motifs is 1. The number of pyridine rings is 1. The molecule has 4 aromatic rings. The van der Waals surface area contributed by atoms with Crippen molar-refractivity contribution in [1.82, 2.24) is 24.3 Å². The van der Waals surface area contributed by atoms with Crippen LogP contribution in [0.5, 0.6) is 0 Å². The first-order chi connectivity index (χ1) is 15.6. The molecular formula is C24H25FN6O. The van der Waals surface area contributed by atoms with Crippen LogP contribution in [0.25, 0.3) is 28.3 Å². The molecule has 0 amide bonds. The fraction of sp³-hybridized carbons (Fsp3) is 0.292. The molecule has 1 aliphatic heterocycles. The average molecular weight is 433 g/mol. The molecule has 1 saturated heterocycles. The molecule has 1 aromatic carbocycles. The van der Waals surface area contributed by atoms with Gasteiger partial charge in [-0.05, 0) is 62.1 Å². The molecule has 0 N–H and O–H groups in total. The van der Waals surface area contributed by atoms with Crippen LogP contribution in [-0.2, 0) is 11.3 Å². The Morgan fingerprint density at radius 3 is 2.56 bits per heavy atom. The van der Waals surface area contributed by atoms with Crippen molar-refractivity contribution in [3.05, 3.63) is 66.2 Å². The maximum Gasteiger partial charge on any atom is 0.226 e. The number of rotatable bonds is 5. The summed E-state index contributed by atoms with van der Waals surface area (Å²) in [4.78, 5) is 18.5. The third-order valence-corrected chi connectivity index (χ3v) is 5.49. The fourth-order valence-electron chi connectivity index (χ4n) is 4.00. The van der Waals surface area contributed by atoms with Crippen LogP contribution < -0.4 is 4.90 Å². The molecule has 1 fully saturated rings. The minimum atomic E-state index is -0.274. The topological polar surface area (TPSA) is 58.8 Å². The maximum absolute atomic E-state index is 13.6. The molecule has 4 heterocycles. The van der Waals surface area contributed by atoms with Gasteiger partial charge >= 0.3 is 0 Å². The summed E-state index contributed by atoms with van der Waals surface area (Å²) in [6, 6.07) is 12.5. The zero-order chi connectivity index (χ0) is 22.1. The summed E-state index contributed by atoms with van der Waals surface area (Å²) in [5.41, 5.74) is 5.23. The van der Waals surface area contributed by atoms with Gasteiger partial charge in [0, 0.05) is 37.6 Å². The second-order valence-corrected chi connectivity index (χ2v) is 8.16. The lowest BCUT2D eigenvalue weighted by Gasteiger charge is -2.26. The Kier molecular flexibility index (Phi) is 5.55. The van der Waals surface area contributed by atoms with Gasteiger partial charge in [0.1, 0.15) is 11.5 Å². The number of anilines is 1. The lowest BCUT2D eigenvalue weighted by atomic mass is 10.1. The van der Waals surface area contributed by atoms with Gasteiger partial charge in [-0.1, -0.05) is 0 Å². The van der Waals surface area contributed by atoms with Crippen LogP contribution in [0.1, 0.15) is 5.56 Å². The quantitative estimate of drug-likeness (QED) is 0.481. The first kappa shape index (κ1) is 20.5. The fourth-order valence-corrected chi connectivity index (χ4v) is 4.00. The number of hydrogen-bond acceptors (Lipinski definition) is 6. The van der Waals surface area contributed by atoms with Gasteiger partial charge < -0.3 is 14.5 Å². The zero-order valence-electron chi connectivity index (χ0n) is 18.2. The Labute approximate surface area is 186 Å². The predicted octanol–water partition coefficient (Wildman–Crippen LogP) is 3.50. The van der Waals surface area contributed by atoms with Crippen LogP contribution in [0, 0.1) is 5.82 Å². The Morgan fingerprint density at radius 2 is 1.81 bits per heavy atom. The van der Waals surface area contributed by atoms with Crippen LogP contribution in [-0.4, -0.2) is 64.7 Å². The Bertz CT molecular complexity index is 1230. The molecule has 0 unspecified atom stereocenters. The molecule has 0 saturated carbocycles. The Hall–Kier alpha value is -3.36. The maximum atomic E-state index is 13.6. The van der Waals surface area contributed by atoms with E-state index < -0.39 is 0 Å². The minimum Gasteiger partial charge on any atom is -0.378 e. The molecule has 1 aliphatic rings. The van der Waals surface area contributed by atoms with E-state index in [0.717, 1.165) is 47.9 Å². The molecule has 0 radical (unpaired) electrons. The van der Waals surface area contributed by atoms with Gasteiger partial charge in [-0.25, -0.2) is 19.3 Å². The molecule has 164 valence electrons. The summed E-state index contributed by atoms with van der Waals surface area (Å²) < 4.78 is 21.1. The van der Waals surface area contributed by atoms with Crippen molar-refractivity contribution in [1.29, 1.82) is 0 Å². The molecule has 0 atom stereocenters. The van der Waals surface area contributed by atoms with E-state index in [2.05, 4.69) is 26.9 Å². The first-order valence-corrected chi connectivity index (χ1v) is 10.7. The van der Waals surface area contributed by atoms with E-state index in [-0.39, 0.29) is 5.82 Å². The molecule has 7 nitrogen and oxygen atoms in total. The molecule has 0 spiro atoms. The third-order valence-electron chi connectivity index (χ3n) is 5.49. The zero-order valence-corrected chi connectivity index (χ0v) is 18.2. The van der Waals surface area contributed by atoms with Crippen molar-refractivity contribution in [2.75, 3.05) is 45.3 Å². The van der Waals surface area contributed by atoms with Crippen molar-refractivity contribution >= 4 is 11.6 Å². The molecule has 0 aliphatic carbocycles. The number of nitrogens with zero attached hydrogens (tertiary/aromatic N) is 6. The van der Waals surface area contributed by atoms with E-state index in [1.54, 1.807) is 18.3 Å². The predicted molar refractivity (Wildman–Crippen MR) is 122 cm³/mol. The molecule has 5 rings (SSSR count). The van der Waals surface area contributed by atoms with E-state index >= 15 is 0 Å². The number of ether oxygens (including phenoxy) is 1. The van der Waals surface area contributed by atoms with Crippen LogP contribution in [0.2, 0.25) is 0 Å². The largest absolute Gasteiger partial charge is 0.378 e. The second-order valence-electron chi connectivity index (χ2n) is 8.16. The highest BCUT2D eigenvalue weighted by Crippen LogP contribution is 2.33. The standard InChI is InChI=1S/C24H25FN6O/c1-29(2)16-17-8-10-31-21(15-17)28-22(18-3-5-19(25)6-4-18)23(31)20-7-9-26-24(27-20)30-11-13-32-14-12-30/h3-10,15H,11-14,16H2,1-2H3. The van der Waals surface area contributed by atoms with Gasteiger partial charge in [0.15, 0.2) is 0 Å². The number of aromatic nitrogens is 4. The van der Waals surface area contributed by atoms with E-state index in [0.29, 0.717) is 19.2 Å².